The highest BCUT2D eigenvalue weighted by Crippen LogP contribution is 2.18. The van der Waals surface area contributed by atoms with Crippen molar-refractivity contribution in [1.82, 2.24) is 15.1 Å². The average Bonchev–Trinajstić information content (AvgIpc) is 2.81. The number of piperazine rings is 1. The molecular formula is C25H32N4O2. The van der Waals surface area contributed by atoms with Crippen LogP contribution < -0.4 is 10.2 Å². The van der Waals surface area contributed by atoms with Crippen LogP contribution in [0.4, 0.5) is 5.69 Å². The Morgan fingerprint density at radius 3 is 2.29 bits per heavy atom. The summed E-state index contributed by atoms with van der Waals surface area (Å²) in [7, 11) is 0. The summed E-state index contributed by atoms with van der Waals surface area (Å²) in [5.41, 5.74) is 3.72. The first-order valence-electron chi connectivity index (χ1n) is 11.3. The zero-order valence-corrected chi connectivity index (χ0v) is 18.3. The molecule has 0 bridgehead atoms. The molecule has 31 heavy (non-hydrogen) atoms. The van der Waals surface area contributed by atoms with Crippen molar-refractivity contribution in [1.29, 1.82) is 0 Å². The van der Waals surface area contributed by atoms with E-state index in [2.05, 4.69) is 70.6 Å². The molecule has 2 saturated heterocycles. The normalized spacial score (nSPS) is 18.1. The number of likely N-dealkylation sites (tertiary alicyclic amines) is 1. The van der Waals surface area contributed by atoms with Crippen LogP contribution in [0.25, 0.3) is 0 Å². The number of carbonyl (C=O) groups is 2. The van der Waals surface area contributed by atoms with E-state index in [1.165, 1.54) is 16.8 Å². The van der Waals surface area contributed by atoms with Gasteiger partial charge in [0.25, 0.3) is 0 Å². The van der Waals surface area contributed by atoms with Crippen LogP contribution in [0.2, 0.25) is 0 Å². The average molecular weight is 421 g/mol. The molecule has 0 saturated carbocycles. The lowest BCUT2D eigenvalue weighted by atomic mass is 10.0. The second-order valence-electron chi connectivity index (χ2n) is 8.63. The van der Waals surface area contributed by atoms with Crippen molar-refractivity contribution in [2.24, 2.45) is 0 Å². The molecule has 0 aliphatic carbocycles. The maximum absolute atomic E-state index is 12.7. The Balaban J connectivity index is 1.20. The van der Waals surface area contributed by atoms with Crippen LogP contribution in [0, 0.1) is 6.92 Å². The summed E-state index contributed by atoms with van der Waals surface area (Å²) in [6.45, 7) is 7.55. The van der Waals surface area contributed by atoms with Crippen molar-refractivity contribution in [3.63, 3.8) is 0 Å². The molecule has 0 radical (unpaired) electrons. The lowest BCUT2D eigenvalue weighted by Crippen LogP contribution is -2.54. The van der Waals surface area contributed by atoms with E-state index < -0.39 is 11.8 Å². The van der Waals surface area contributed by atoms with Crippen molar-refractivity contribution in [2.45, 2.75) is 32.4 Å². The SMILES string of the molecule is Cc1cccc(N2CCN(C(=O)C(=O)NC3CCN(Cc4ccccc4)CC3)CC2)c1. The fraction of sp³-hybridized carbons (Fsp3) is 0.440. The predicted octanol–water partition coefficient (Wildman–Crippen LogP) is 2.42. The van der Waals surface area contributed by atoms with Crippen LogP contribution in [-0.2, 0) is 16.1 Å². The summed E-state index contributed by atoms with van der Waals surface area (Å²) in [5, 5.41) is 2.98. The number of rotatable bonds is 4. The van der Waals surface area contributed by atoms with Gasteiger partial charge in [0.05, 0.1) is 0 Å². The summed E-state index contributed by atoms with van der Waals surface area (Å²) < 4.78 is 0. The Labute approximate surface area is 184 Å². The summed E-state index contributed by atoms with van der Waals surface area (Å²) in [4.78, 5) is 31.6. The number of amides is 2. The summed E-state index contributed by atoms with van der Waals surface area (Å²) in [6, 6.07) is 18.9. The molecular weight excluding hydrogens is 388 g/mol. The maximum Gasteiger partial charge on any atom is 0.312 e. The second kappa shape index (κ2) is 9.96. The van der Waals surface area contributed by atoms with Gasteiger partial charge in [-0.05, 0) is 43.0 Å². The number of hydrogen-bond donors (Lipinski definition) is 1. The Bertz CT molecular complexity index is 885. The van der Waals surface area contributed by atoms with Gasteiger partial charge in [-0.15, -0.1) is 0 Å². The predicted molar refractivity (Wildman–Crippen MR) is 123 cm³/mol. The van der Waals surface area contributed by atoms with Crippen molar-refractivity contribution in [3.05, 3.63) is 65.7 Å². The van der Waals surface area contributed by atoms with E-state index >= 15 is 0 Å². The number of nitrogens with zero attached hydrogens (tertiary/aromatic N) is 3. The number of anilines is 1. The topological polar surface area (TPSA) is 55.9 Å². The number of carbonyl (C=O) groups excluding carboxylic acids is 2. The molecule has 0 atom stereocenters. The van der Waals surface area contributed by atoms with Crippen LogP contribution in [0.15, 0.2) is 54.6 Å². The van der Waals surface area contributed by atoms with Gasteiger partial charge in [-0.25, -0.2) is 0 Å². The lowest BCUT2D eigenvalue weighted by Gasteiger charge is -2.36. The summed E-state index contributed by atoms with van der Waals surface area (Å²) in [5.74, 6) is -0.846. The van der Waals surface area contributed by atoms with Gasteiger partial charge in [-0.3, -0.25) is 14.5 Å². The molecule has 2 heterocycles. The number of aryl methyl sites for hydroxylation is 1. The van der Waals surface area contributed by atoms with E-state index in [0.717, 1.165) is 45.6 Å². The zero-order chi connectivity index (χ0) is 21.6. The fourth-order valence-corrected chi connectivity index (χ4v) is 4.46. The smallest absolute Gasteiger partial charge is 0.312 e. The van der Waals surface area contributed by atoms with E-state index in [0.29, 0.717) is 13.1 Å². The van der Waals surface area contributed by atoms with Crippen molar-refractivity contribution < 1.29 is 9.59 Å². The highest BCUT2D eigenvalue weighted by Gasteiger charge is 2.29. The summed E-state index contributed by atoms with van der Waals surface area (Å²) in [6.07, 6.45) is 1.76. The van der Waals surface area contributed by atoms with E-state index in [1.54, 1.807) is 4.90 Å². The van der Waals surface area contributed by atoms with Crippen molar-refractivity contribution in [2.75, 3.05) is 44.2 Å². The van der Waals surface area contributed by atoms with Gasteiger partial charge >= 0.3 is 11.8 Å². The molecule has 0 aromatic heterocycles. The van der Waals surface area contributed by atoms with E-state index in [9.17, 15) is 9.59 Å². The Morgan fingerprint density at radius 1 is 0.903 bits per heavy atom. The van der Waals surface area contributed by atoms with Crippen molar-refractivity contribution >= 4 is 17.5 Å². The number of benzene rings is 2. The van der Waals surface area contributed by atoms with Gasteiger partial charge in [0.2, 0.25) is 0 Å². The van der Waals surface area contributed by atoms with Gasteiger partial charge in [-0.2, -0.15) is 0 Å². The molecule has 2 aliphatic heterocycles. The fourth-order valence-electron chi connectivity index (χ4n) is 4.46. The molecule has 0 spiro atoms. The molecule has 164 valence electrons. The number of nitrogens with one attached hydrogen (secondary N) is 1. The van der Waals surface area contributed by atoms with Crippen LogP contribution in [0.3, 0.4) is 0 Å². The highest BCUT2D eigenvalue weighted by molar-refractivity contribution is 6.35. The van der Waals surface area contributed by atoms with Crippen LogP contribution in [0.1, 0.15) is 24.0 Å². The minimum Gasteiger partial charge on any atom is -0.368 e. The minimum atomic E-state index is -0.453. The zero-order valence-electron chi connectivity index (χ0n) is 18.3. The molecule has 6 heteroatoms. The molecule has 4 rings (SSSR count). The van der Waals surface area contributed by atoms with Gasteiger partial charge in [0, 0.05) is 57.5 Å². The third-order valence-electron chi connectivity index (χ3n) is 6.30. The number of hydrogen-bond acceptors (Lipinski definition) is 4. The van der Waals surface area contributed by atoms with Crippen molar-refractivity contribution in [3.8, 4) is 0 Å². The Kier molecular flexibility index (Phi) is 6.87. The molecule has 2 aromatic carbocycles. The van der Waals surface area contributed by atoms with Gasteiger partial charge in [0.15, 0.2) is 0 Å². The number of piperidine rings is 1. The third-order valence-corrected chi connectivity index (χ3v) is 6.30. The molecule has 1 N–H and O–H groups in total. The standard InChI is InChI=1S/C25H32N4O2/c1-20-6-5-9-23(18-20)28-14-16-29(17-15-28)25(31)24(30)26-22-10-12-27(13-11-22)19-21-7-3-2-4-8-21/h2-9,18,22H,10-17,19H2,1H3,(H,26,30). The molecule has 6 nitrogen and oxygen atoms in total. The van der Waals surface area contributed by atoms with Crippen LogP contribution >= 0.6 is 0 Å². The monoisotopic (exact) mass is 420 g/mol. The first-order chi connectivity index (χ1) is 15.1. The first-order valence-corrected chi connectivity index (χ1v) is 11.3. The van der Waals surface area contributed by atoms with Gasteiger partial charge in [0.1, 0.15) is 0 Å². The Hall–Kier alpha value is -2.86. The summed E-state index contributed by atoms with van der Waals surface area (Å²) >= 11 is 0. The Morgan fingerprint density at radius 2 is 1.61 bits per heavy atom. The van der Waals surface area contributed by atoms with E-state index in [-0.39, 0.29) is 6.04 Å². The third kappa shape index (κ3) is 5.64. The maximum atomic E-state index is 12.7. The molecule has 2 fully saturated rings. The first kappa shape index (κ1) is 21.4. The minimum absolute atomic E-state index is 0.0806. The molecule has 2 aliphatic rings. The quantitative estimate of drug-likeness (QED) is 0.772. The lowest BCUT2D eigenvalue weighted by molar-refractivity contribution is -0.146. The highest BCUT2D eigenvalue weighted by atomic mass is 16.2. The van der Waals surface area contributed by atoms with Crippen LogP contribution in [-0.4, -0.2) is 66.9 Å². The molecule has 2 amide bonds. The molecule has 2 aromatic rings. The second-order valence-corrected chi connectivity index (χ2v) is 8.63. The molecule has 0 unspecified atom stereocenters. The largest absolute Gasteiger partial charge is 0.368 e. The van der Waals surface area contributed by atoms with Gasteiger partial charge in [-0.1, -0.05) is 42.5 Å². The van der Waals surface area contributed by atoms with Crippen LogP contribution in [0.5, 0.6) is 0 Å². The van der Waals surface area contributed by atoms with Gasteiger partial charge < -0.3 is 15.1 Å². The van der Waals surface area contributed by atoms with E-state index in [1.807, 2.05) is 6.07 Å². The van der Waals surface area contributed by atoms with E-state index in [4.69, 9.17) is 0 Å².